The molecular formula is C17H17ClN4OS. The molecule has 5 nitrogen and oxygen atoms in total. The Balaban J connectivity index is 1.69. The van der Waals surface area contributed by atoms with Crippen LogP contribution in [-0.4, -0.2) is 32.3 Å². The summed E-state index contributed by atoms with van der Waals surface area (Å²) in [6, 6.07) is 13.7. The third kappa shape index (κ3) is 4.01. The zero-order valence-electron chi connectivity index (χ0n) is 13.2. The number of benzene rings is 1. The Labute approximate surface area is 149 Å². The van der Waals surface area contributed by atoms with Crippen LogP contribution in [0.1, 0.15) is 27.9 Å². The maximum absolute atomic E-state index is 12.6. The topological polar surface area (TPSA) is 51.0 Å². The molecule has 3 aromatic rings. The summed E-state index contributed by atoms with van der Waals surface area (Å²) in [6.07, 6.45) is 1.69. The molecule has 2 heterocycles. The molecule has 0 atom stereocenters. The molecule has 0 bridgehead atoms. The summed E-state index contributed by atoms with van der Waals surface area (Å²) >= 11 is 7.43. The van der Waals surface area contributed by atoms with Crippen LogP contribution in [0.3, 0.4) is 0 Å². The molecular weight excluding hydrogens is 344 g/mol. The average Bonchev–Trinajstić information content (AvgIpc) is 3.22. The summed E-state index contributed by atoms with van der Waals surface area (Å²) in [4.78, 5) is 15.4. The molecule has 0 radical (unpaired) electrons. The van der Waals surface area contributed by atoms with Gasteiger partial charge in [-0.3, -0.25) is 4.79 Å². The van der Waals surface area contributed by atoms with Crippen LogP contribution in [0.15, 0.2) is 48.7 Å². The van der Waals surface area contributed by atoms with E-state index in [1.807, 2.05) is 49.4 Å². The number of rotatable bonds is 6. The molecule has 7 heteroatoms. The van der Waals surface area contributed by atoms with Gasteiger partial charge in [0.1, 0.15) is 0 Å². The molecule has 0 N–H and O–H groups in total. The predicted octanol–water partition coefficient (Wildman–Crippen LogP) is 3.70. The molecule has 0 saturated carbocycles. The van der Waals surface area contributed by atoms with Crippen molar-refractivity contribution >= 4 is 28.8 Å². The summed E-state index contributed by atoms with van der Waals surface area (Å²) < 4.78 is 2.40. The highest BCUT2D eigenvalue weighted by Gasteiger charge is 2.18. The van der Waals surface area contributed by atoms with Gasteiger partial charge in [-0.15, -0.1) is 16.4 Å². The number of hydrogen-bond acceptors (Lipinski definition) is 4. The van der Waals surface area contributed by atoms with Gasteiger partial charge in [-0.25, -0.2) is 4.68 Å². The summed E-state index contributed by atoms with van der Waals surface area (Å²) in [5.41, 5.74) is 1.47. The highest BCUT2D eigenvalue weighted by molar-refractivity contribution is 7.16. The number of nitrogens with zero attached hydrogens (tertiary/aromatic N) is 4. The first-order chi connectivity index (χ1) is 11.7. The monoisotopic (exact) mass is 360 g/mol. The Morgan fingerprint density at radius 1 is 1.25 bits per heavy atom. The fourth-order valence-corrected chi connectivity index (χ4v) is 3.46. The number of amides is 1. The molecule has 0 fully saturated rings. The molecule has 0 saturated heterocycles. The number of thiophene rings is 1. The molecule has 124 valence electrons. The van der Waals surface area contributed by atoms with Gasteiger partial charge in [-0.2, -0.15) is 0 Å². The van der Waals surface area contributed by atoms with Gasteiger partial charge in [0.15, 0.2) is 5.69 Å². The minimum atomic E-state index is -0.124. The second kappa shape index (κ2) is 7.59. The number of carbonyl (C=O) groups excluding carboxylic acids is 1. The van der Waals surface area contributed by atoms with Gasteiger partial charge >= 0.3 is 0 Å². The van der Waals surface area contributed by atoms with Crippen molar-refractivity contribution in [2.75, 3.05) is 6.54 Å². The third-order valence-corrected chi connectivity index (χ3v) is 4.81. The molecule has 0 aliphatic carbocycles. The summed E-state index contributed by atoms with van der Waals surface area (Å²) in [7, 11) is 0. The van der Waals surface area contributed by atoms with E-state index in [1.54, 1.807) is 15.8 Å². The van der Waals surface area contributed by atoms with Crippen LogP contribution in [0.25, 0.3) is 0 Å². The minimum absolute atomic E-state index is 0.124. The summed E-state index contributed by atoms with van der Waals surface area (Å²) in [5, 5.41) is 8.09. The smallest absolute Gasteiger partial charge is 0.276 e. The van der Waals surface area contributed by atoms with Gasteiger partial charge in [-0.05, 0) is 24.6 Å². The van der Waals surface area contributed by atoms with Crippen molar-refractivity contribution in [3.8, 4) is 0 Å². The number of carbonyl (C=O) groups is 1. The van der Waals surface area contributed by atoms with Crippen LogP contribution in [0, 0.1) is 0 Å². The van der Waals surface area contributed by atoms with Gasteiger partial charge in [0.2, 0.25) is 0 Å². The van der Waals surface area contributed by atoms with Gasteiger partial charge in [0, 0.05) is 11.4 Å². The van der Waals surface area contributed by atoms with Gasteiger partial charge in [0.25, 0.3) is 5.91 Å². The minimum Gasteiger partial charge on any atom is -0.332 e. The second-order valence-corrected chi connectivity index (χ2v) is 7.11. The number of aromatic nitrogens is 3. The van der Waals surface area contributed by atoms with Gasteiger partial charge in [-0.1, -0.05) is 47.1 Å². The maximum atomic E-state index is 12.6. The number of hydrogen-bond donors (Lipinski definition) is 0. The standard InChI is InChI=1S/C17H17ClN4OS/c1-2-21(11-14-8-9-16(18)24-14)17(23)15-12-22(20-19-15)10-13-6-4-3-5-7-13/h3-9,12H,2,10-11H2,1H3. The van der Waals surface area contributed by atoms with Crippen LogP contribution in [0.4, 0.5) is 0 Å². The molecule has 24 heavy (non-hydrogen) atoms. The molecule has 0 aliphatic rings. The van der Waals surface area contributed by atoms with Crippen molar-refractivity contribution in [3.63, 3.8) is 0 Å². The fraction of sp³-hybridized carbons (Fsp3) is 0.235. The predicted molar refractivity (Wildman–Crippen MR) is 95.3 cm³/mol. The van der Waals surface area contributed by atoms with E-state index in [1.165, 1.54) is 11.3 Å². The summed E-state index contributed by atoms with van der Waals surface area (Å²) in [5.74, 6) is -0.124. The van der Waals surface area contributed by atoms with Crippen molar-refractivity contribution in [3.05, 3.63) is 69.1 Å². The first-order valence-electron chi connectivity index (χ1n) is 7.63. The molecule has 3 rings (SSSR count). The van der Waals surface area contributed by atoms with Crippen LogP contribution >= 0.6 is 22.9 Å². The van der Waals surface area contributed by atoms with E-state index < -0.39 is 0 Å². The van der Waals surface area contributed by atoms with Crippen molar-refractivity contribution < 1.29 is 4.79 Å². The Morgan fingerprint density at radius 3 is 2.71 bits per heavy atom. The molecule has 1 amide bonds. The van der Waals surface area contributed by atoms with E-state index in [0.29, 0.717) is 25.3 Å². The van der Waals surface area contributed by atoms with Crippen LogP contribution in [0.5, 0.6) is 0 Å². The lowest BCUT2D eigenvalue weighted by molar-refractivity contribution is 0.0748. The van der Waals surface area contributed by atoms with E-state index in [0.717, 1.165) is 14.8 Å². The highest BCUT2D eigenvalue weighted by Crippen LogP contribution is 2.23. The lowest BCUT2D eigenvalue weighted by Crippen LogP contribution is -2.30. The molecule has 1 aromatic carbocycles. The van der Waals surface area contributed by atoms with E-state index in [2.05, 4.69) is 10.3 Å². The first kappa shape index (κ1) is 16.7. The second-order valence-electron chi connectivity index (χ2n) is 5.31. The van der Waals surface area contributed by atoms with E-state index in [4.69, 9.17) is 11.6 Å². The van der Waals surface area contributed by atoms with Crippen molar-refractivity contribution in [1.29, 1.82) is 0 Å². The number of halogens is 1. The molecule has 0 aliphatic heterocycles. The maximum Gasteiger partial charge on any atom is 0.276 e. The molecule has 0 spiro atoms. The van der Waals surface area contributed by atoms with Crippen LogP contribution in [0.2, 0.25) is 4.34 Å². The largest absolute Gasteiger partial charge is 0.332 e. The zero-order chi connectivity index (χ0) is 16.9. The lowest BCUT2D eigenvalue weighted by atomic mass is 10.2. The van der Waals surface area contributed by atoms with E-state index in [9.17, 15) is 4.79 Å². The summed E-state index contributed by atoms with van der Waals surface area (Å²) in [6.45, 7) is 3.66. The first-order valence-corrected chi connectivity index (χ1v) is 8.82. The zero-order valence-corrected chi connectivity index (χ0v) is 14.8. The SMILES string of the molecule is CCN(Cc1ccc(Cl)s1)C(=O)c1cn(Cc2ccccc2)nn1. The van der Waals surface area contributed by atoms with Crippen molar-refractivity contribution in [2.45, 2.75) is 20.0 Å². The Morgan fingerprint density at radius 2 is 2.04 bits per heavy atom. The van der Waals surface area contributed by atoms with E-state index >= 15 is 0 Å². The van der Waals surface area contributed by atoms with Crippen molar-refractivity contribution in [1.82, 2.24) is 19.9 Å². The van der Waals surface area contributed by atoms with Gasteiger partial charge < -0.3 is 4.90 Å². The van der Waals surface area contributed by atoms with Crippen LogP contribution < -0.4 is 0 Å². The average molecular weight is 361 g/mol. The lowest BCUT2D eigenvalue weighted by Gasteiger charge is -2.18. The van der Waals surface area contributed by atoms with Crippen LogP contribution in [-0.2, 0) is 13.1 Å². The Bertz CT molecular complexity index is 815. The quantitative estimate of drug-likeness (QED) is 0.673. The van der Waals surface area contributed by atoms with E-state index in [-0.39, 0.29) is 5.91 Å². The van der Waals surface area contributed by atoms with Crippen molar-refractivity contribution in [2.24, 2.45) is 0 Å². The highest BCUT2D eigenvalue weighted by atomic mass is 35.5. The fourth-order valence-electron chi connectivity index (χ4n) is 2.36. The molecule has 0 unspecified atom stereocenters. The normalized spacial score (nSPS) is 10.8. The Kier molecular flexibility index (Phi) is 5.27. The molecule has 2 aromatic heterocycles. The Hall–Kier alpha value is -2.18. The third-order valence-electron chi connectivity index (χ3n) is 3.59. The van der Waals surface area contributed by atoms with Gasteiger partial charge in [0.05, 0.1) is 23.6 Å².